The lowest BCUT2D eigenvalue weighted by atomic mass is 9.70. The van der Waals surface area contributed by atoms with E-state index in [-0.39, 0.29) is 28.7 Å². The van der Waals surface area contributed by atoms with E-state index < -0.39 is 5.92 Å². The Bertz CT molecular complexity index is 1590. The molecular weight excluding hydrogens is 551 g/mol. The highest BCUT2D eigenvalue weighted by Crippen LogP contribution is 2.51. The maximum absolute atomic E-state index is 13.5. The summed E-state index contributed by atoms with van der Waals surface area (Å²) in [5.74, 6) is -0.384. The van der Waals surface area contributed by atoms with Crippen LogP contribution in [0.25, 0.3) is 0 Å². The number of Topliss-reactive ketones (excluding diaryl/α,β-unsaturated/α-hetero) is 1. The predicted molar refractivity (Wildman–Crippen MR) is 152 cm³/mol. The van der Waals surface area contributed by atoms with Gasteiger partial charge in [-0.3, -0.25) is 14.5 Å². The molecule has 1 aromatic carbocycles. The lowest BCUT2D eigenvalue weighted by molar-refractivity contribution is -0.118. The average Bonchev–Trinajstić information content (AvgIpc) is 3.59. The Morgan fingerprint density at radius 1 is 1.21 bits per heavy atom. The van der Waals surface area contributed by atoms with Gasteiger partial charge in [-0.1, -0.05) is 43.0 Å². The molecule has 0 spiro atoms. The number of allylic oxidation sites excluding steroid dienone is 3. The first-order valence-electron chi connectivity index (χ1n) is 12.0. The summed E-state index contributed by atoms with van der Waals surface area (Å²) in [6, 6.07) is 14.7. The Balaban J connectivity index is 1.41. The molecule has 1 aliphatic carbocycles. The highest BCUT2D eigenvalue weighted by atomic mass is 32.2. The third-order valence-corrected chi connectivity index (χ3v) is 9.40. The molecule has 5 rings (SSSR count). The molecule has 9 nitrogen and oxygen atoms in total. The molecule has 39 heavy (non-hydrogen) atoms. The van der Waals surface area contributed by atoms with Crippen molar-refractivity contribution in [2.24, 2.45) is 11.1 Å². The smallest absolute Gasteiger partial charge is 0.234 e. The first-order chi connectivity index (χ1) is 18.7. The molecule has 196 valence electrons. The first-order valence-corrected chi connectivity index (χ1v) is 14.6. The zero-order valence-electron chi connectivity index (χ0n) is 21.1. The first kappa shape index (κ1) is 26.6. The number of carbonyl (C=O) groups is 2. The molecule has 1 amide bonds. The van der Waals surface area contributed by atoms with Gasteiger partial charge in [-0.25, -0.2) is 0 Å². The fourth-order valence-electron chi connectivity index (χ4n) is 4.77. The second kappa shape index (κ2) is 10.7. The van der Waals surface area contributed by atoms with Crippen molar-refractivity contribution in [1.29, 1.82) is 10.5 Å². The molecule has 3 N–H and O–H groups in total. The Morgan fingerprint density at radius 3 is 2.64 bits per heavy atom. The topological polar surface area (TPSA) is 149 Å². The molecule has 1 aliphatic heterocycles. The van der Waals surface area contributed by atoms with Crippen LogP contribution in [0.5, 0.6) is 0 Å². The number of nitrogens with one attached hydrogen (secondary N) is 1. The molecule has 3 heterocycles. The lowest BCUT2D eigenvalue weighted by Crippen LogP contribution is -2.42. The number of ketones is 1. The molecule has 0 fully saturated rings. The van der Waals surface area contributed by atoms with Crippen molar-refractivity contribution >= 4 is 56.9 Å². The van der Waals surface area contributed by atoms with Crippen LogP contribution in [0.15, 0.2) is 68.8 Å². The zero-order valence-corrected chi connectivity index (χ0v) is 23.5. The third-order valence-electron chi connectivity index (χ3n) is 6.42. The van der Waals surface area contributed by atoms with E-state index in [1.807, 2.05) is 37.4 Å². The number of hydrogen-bond acceptors (Lipinski definition) is 11. The van der Waals surface area contributed by atoms with E-state index in [0.717, 1.165) is 10.6 Å². The maximum atomic E-state index is 13.5. The Hall–Kier alpha value is -3.97. The molecule has 0 radical (unpaired) electrons. The summed E-state index contributed by atoms with van der Waals surface area (Å²) in [6.45, 7) is 4.08. The van der Waals surface area contributed by atoms with Gasteiger partial charge >= 0.3 is 0 Å². The molecule has 2 aromatic heterocycles. The van der Waals surface area contributed by atoms with Crippen LogP contribution in [-0.4, -0.2) is 27.6 Å². The van der Waals surface area contributed by atoms with Crippen molar-refractivity contribution in [3.05, 3.63) is 74.9 Å². The van der Waals surface area contributed by atoms with E-state index in [0.29, 0.717) is 44.7 Å². The number of carbonyl (C=O) groups excluding carboxylic acids is 2. The minimum absolute atomic E-state index is 0.00323. The van der Waals surface area contributed by atoms with Gasteiger partial charge in [-0.15, -0.1) is 21.5 Å². The van der Waals surface area contributed by atoms with Gasteiger partial charge in [0.2, 0.25) is 11.0 Å². The van der Waals surface area contributed by atoms with Crippen LogP contribution in [0.3, 0.4) is 0 Å². The van der Waals surface area contributed by atoms with Crippen LogP contribution in [0.2, 0.25) is 0 Å². The molecule has 1 unspecified atom stereocenters. The molecule has 1 atom stereocenters. The van der Waals surface area contributed by atoms with Gasteiger partial charge in [0.15, 0.2) is 10.1 Å². The number of nitriles is 2. The van der Waals surface area contributed by atoms with Gasteiger partial charge in [-0.2, -0.15) is 10.5 Å². The Morgan fingerprint density at radius 2 is 1.97 bits per heavy atom. The van der Waals surface area contributed by atoms with Gasteiger partial charge in [0.1, 0.15) is 5.82 Å². The number of nitrogens with zero attached hydrogens (tertiary/aromatic N) is 5. The van der Waals surface area contributed by atoms with E-state index in [1.54, 1.807) is 29.2 Å². The second-order valence-electron chi connectivity index (χ2n) is 9.87. The number of anilines is 2. The molecule has 0 saturated heterocycles. The van der Waals surface area contributed by atoms with Gasteiger partial charge in [0.05, 0.1) is 34.9 Å². The fraction of sp³-hybridized carbons (Fsp3) is 0.259. The second-order valence-corrected chi connectivity index (χ2v) is 13.0. The Labute approximate surface area is 237 Å². The van der Waals surface area contributed by atoms with E-state index in [4.69, 9.17) is 11.0 Å². The van der Waals surface area contributed by atoms with Crippen molar-refractivity contribution in [1.82, 2.24) is 10.2 Å². The number of thioether (sulfide) groups is 1. The van der Waals surface area contributed by atoms with Gasteiger partial charge in [0.25, 0.3) is 0 Å². The molecule has 0 bridgehead atoms. The summed E-state index contributed by atoms with van der Waals surface area (Å²) in [4.78, 5) is 28.6. The molecule has 12 heteroatoms. The standard InChI is InChI=1S/C27H23N7O2S3/c1-27(2)10-18-23(19(35)11-27)22(20-4-3-9-37-20)17(13-29)24(30)34(18)25-32-33-26(39-25)38-14-21(36)31-16-7-5-15(12-28)6-8-16/h3-9,22H,10-11,14,30H2,1-2H3,(H,31,36). The summed E-state index contributed by atoms with van der Waals surface area (Å²) in [5, 5.41) is 32.8. The van der Waals surface area contributed by atoms with E-state index in [9.17, 15) is 14.9 Å². The van der Waals surface area contributed by atoms with Crippen LogP contribution in [-0.2, 0) is 9.59 Å². The van der Waals surface area contributed by atoms with E-state index in [2.05, 4.69) is 21.6 Å². The highest BCUT2D eigenvalue weighted by Gasteiger charge is 2.45. The summed E-state index contributed by atoms with van der Waals surface area (Å²) in [6.07, 6.45) is 0.968. The highest BCUT2D eigenvalue weighted by molar-refractivity contribution is 8.01. The van der Waals surface area contributed by atoms with Gasteiger partial charge in [-0.05, 0) is 47.5 Å². The molecular formula is C27H23N7O2S3. The number of rotatable bonds is 6. The van der Waals surface area contributed by atoms with Crippen molar-refractivity contribution in [2.75, 3.05) is 16.0 Å². The predicted octanol–water partition coefficient (Wildman–Crippen LogP) is 5.14. The van der Waals surface area contributed by atoms with Crippen LogP contribution in [0.1, 0.15) is 43.0 Å². The number of amides is 1. The maximum Gasteiger partial charge on any atom is 0.234 e. The normalized spacial score (nSPS) is 18.4. The number of nitrogens with two attached hydrogens (primary N) is 1. The number of hydrogen-bond donors (Lipinski definition) is 2. The zero-order chi connectivity index (χ0) is 27.7. The summed E-state index contributed by atoms with van der Waals surface area (Å²) < 4.78 is 0.551. The van der Waals surface area contributed by atoms with Crippen LogP contribution < -0.4 is 16.0 Å². The number of aromatic nitrogens is 2. The quantitative estimate of drug-likeness (QED) is 0.382. The SMILES string of the molecule is CC1(C)CC(=O)C2=C(C1)N(c1nnc(SCC(=O)Nc3ccc(C#N)cc3)s1)C(N)=C(C#N)C2c1cccs1. The summed E-state index contributed by atoms with van der Waals surface area (Å²) in [5.41, 5.74) is 9.10. The summed E-state index contributed by atoms with van der Waals surface area (Å²) >= 11 is 3.97. The average molecular weight is 574 g/mol. The van der Waals surface area contributed by atoms with Gasteiger partial charge < -0.3 is 11.1 Å². The fourth-order valence-corrected chi connectivity index (χ4v) is 7.29. The molecule has 2 aliphatic rings. The Kier molecular flexibility index (Phi) is 7.28. The monoisotopic (exact) mass is 573 g/mol. The number of benzene rings is 1. The lowest BCUT2D eigenvalue weighted by Gasteiger charge is -2.42. The molecule has 0 saturated carbocycles. The van der Waals surface area contributed by atoms with E-state index >= 15 is 0 Å². The van der Waals surface area contributed by atoms with Crippen molar-refractivity contribution in [3.63, 3.8) is 0 Å². The van der Waals surface area contributed by atoms with Crippen LogP contribution >= 0.6 is 34.4 Å². The third kappa shape index (κ3) is 5.32. The minimum Gasteiger partial charge on any atom is -0.384 e. The van der Waals surface area contributed by atoms with Gasteiger partial charge in [0, 0.05) is 28.3 Å². The van der Waals surface area contributed by atoms with E-state index in [1.165, 1.54) is 34.4 Å². The summed E-state index contributed by atoms with van der Waals surface area (Å²) in [7, 11) is 0. The number of thiophene rings is 1. The van der Waals surface area contributed by atoms with Crippen molar-refractivity contribution in [3.8, 4) is 12.1 Å². The van der Waals surface area contributed by atoms with Crippen molar-refractivity contribution in [2.45, 2.75) is 36.9 Å². The van der Waals surface area contributed by atoms with Crippen molar-refractivity contribution < 1.29 is 9.59 Å². The largest absolute Gasteiger partial charge is 0.384 e. The van der Waals surface area contributed by atoms with Crippen LogP contribution in [0, 0.1) is 28.1 Å². The van der Waals surface area contributed by atoms with Crippen LogP contribution in [0.4, 0.5) is 10.8 Å². The minimum atomic E-state index is -0.502. The molecule has 3 aromatic rings.